The molecule has 1 rings (SSSR count). The number of methoxy groups -OCH3 is 1. The molecule has 0 radical (unpaired) electrons. The summed E-state index contributed by atoms with van der Waals surface area (Å²) in [5.41, 5.74) is 2.02. The highest BCUT2D eigenvalue weighted by molar-refractivity contribution is 5.86. The Labute approximate surface area is 94.8 Å². The maximum Gasteiger partial charge on any atom is 0.330 e. The molecule has 0 spiro atoms. The van der Waals surface area contributed by atoms with E-state index in [1.807, 2.05) is 38.5 Å². The number of hydrogen-bond donors (Lipinski definition) is 1. The highest BCUT2D eigenvalue weighted by Gasteiger charge is 1.91. The number of esters is 1. The number of nitrogens with zero attached hydrogens (tertiary/aromatic N) is 1. The number of ether oxygens (including phenoxy) is 1. The Balaban J connectivity index is 3.09. The zero-order valence-electron chi connectivity index (χ0n) is 9.73. The van der Waals surface area contributed by atoms with Crippen molar-refractivity contribution in [3.63, 3.8) is 0 Å². The third kappa shape index (κ3) is 4.04. The second-order valence-electron chi connectivity index (χ2n) is 3.45. The van der Waals surface area contributed by atoms with Crippen LogP contribution in [0.25, 0.3) is 6.08 Å². The average Bonchev–Trinajstić information content (AvgIpc) is 2.23. The van der Waals surface area contributed by atoms with Gasteiger partial charge in [-0.05, 0) is 30.2 Å². The predicted molar refractivity (Wildman–Crippen MR) is 63.2 cm³/mol. The first kappa shape index (κ1) is 12.1. The molecule has 0 amide bonds. The quantitative estimate of drug-likeness (QED) is 0.612. The number of H-pyrrole nitrogens is 1. The van der Waals surface area contributed by atoms with Crippen LogP contribution >= 0.6 is 0 Å². The Kier molecular flexibility index (Phi) is 4.39. The van der Waals surface area contributed by atoms with Gasteiger partial charge in [0.2, 0.25) is 0 Å². The Morgan fingerprint density at radius 3 is 3.00 bits per heavy atom. The molecule has 0 unspecified atom stereocenters. The lowest BCUT2D eigenvalue weighted by Gasteiger charge is -1.99. The first-order chi connectivity index (χ1) is 7.61. The highest BCUT2D eigenvalue weighted by atomic mass is 16.5. The largest absolute Gasteiger partial charge is 0.466 e. The number of carbonyl (C=O) groups excluding carboxylic acids is 1. The maximum absolute atomic E-state index is 11.0. The van der Waals surface area contributed by atoms with E-state index < -0.39 is 0 Å². The predicted octanol–water partition coefficient (Wildman–Crippen LogP) is 1.97. The lowest BCUT2D eigenvalue weighted by molar-refractivity contribution is -0.134. The molecule has 1 heterocycles. The van der Waals surface area contributed by atoms with Crippen LogP contribution in [0.15, 0.2) is 30.6 Å². The number of aromatic amines is 1. The summed E-state index contributed by atoms with van der Waals surface area (Å²) in [4.78, 5) is 11.0. The van der Waals surface area contributed by atoms with Crippen molar-refractivity contribution in [3.05, 3.63) is 41.7 Å². The van der Waals surface area contributed by atoms with Crippen LogP contribution in [-0.2, 0) is 16.6 Å². The Bertz CT molecular complexity index is 414. The number of hydrogen-bond acceptors (Lipinski definition) is 2. The number of rotatable bonds is 2. The fourth-order valence-electron chi connectivity index (χ4n) is 1.22. The summed E-state index contributed by atoms with van der Waals surface area (Å²) in [7, 11) is 3.24. The van der Waals surface area contributed by atoms with Gasteiger partial charge in [0, 0.05) is 25.5 Å². The van der Waals surface area contributed by atoms with E-state index in [9.17, 15) is 4.79 Å². The van der Waals surface area contributed by atoms with Crippen LogP contribution in [0.1, 0.15) is 11.1 Å². The lowest BCUT2D eigenvalue weighted by Crippen LogP contribution is -1.95. The van der Waals surface area contributed by atoms with Crippen molar-refractivity contribution in [1.82, 2.24) is 9.78 Å². The normalized spacial score (nSPS) is 10.2. The van der Waals surface area contributed by atoms with Gasteiger partial charge in [0.1, 0.15) is 0 Å². The molecule has 0 saturated carbocycles. The summed E-state index contributed by atoms with van der Waals surface area (Å²) in [5.74, 6) is -0.361. The zero-order valence-corrected chi connectivity index (χ0v) is 9.73. The van der Waals surface area contributed by atoms with E-state index in [1.54, 1.807) is 10.8 Å². The molecule has 0 bridgehead atoms. The minimum atomic E-state index is -0.361. The van der Waals surface area contributed by atoms with Crippen molar-refractivity contribution >= 4 is 12.0 Å². The Hall–Kier alpha value is -1.97. The highest BCUT2D eigenvalue weighted by Crippen LogP contribution is 2.02. The summed E-state index contributed by atoms with van der Waals surface area (Å²) >= 11 is 0. The fourth-order valence-corrected chi connectivity index (χ4v) is 1.22. The molecule has 16 heavy (non-hydrogen) atoms. The summed E-state index contributed by atoms with van der Waals surface area (Å²) in [6, 6.07) is 3.93. The first-order valence-electron chi connectivity index (χ1n) is 4.93. The molecule has 1 aromatic heterocycles. The average molecular weight is 220 g/mol. The van der Waals surface area contributed by atoms with Gasteiger partial charge in [0.15, 0.2) is 0 Å². The summed E-state index contributed by atoms with van der Waals surface area (Å²) < 4.78 is 6.34. The van der Waals surface area contributed by atoms with Crippen LogP contribution in [0.5, 0.6) is 0 Å². The molecule has 0 saturated heterocycles. The van der Waals surface area contributed by atoms with Crippen LogP contribution in [0.2, 0.25) is 0 Å². The van der Waals surface area contributed by atoms with Gasteiger partial charge in [-0.15, -0.1) is 0 Å². The molecule has 0 fully saturated rings. The van der Waals surface area contributed by atoms with E-state index in [0.29, 0.717) is 0 Å². The Morgan fingerprint density at radius 1 is 1.56 bits per heavy atom. The van der Waals surface area contributed by atoms with E-state index in [0.717, 1.165) is 11.1 Å². The van der Waals surface area contributed by atoms with E-state index in [1.165, 1.54) is 13.2 Å². The minimum Gasteiger partial charge on any atom is -0.466 e. The second kappa shape index (κ2) is 5.80. The fraction of sp³-hybridized carbons (Fsp3) is 0.250. The molecule has 0 aliphatic carbocycles. The van der Waals surface area contributed by atoms with Gasteiger partial charge < -0.3 is 9.84 Å². The number of aryl methyl sites for hydroxylation is 2. The van der Waals surface area contributed by atoms with Crippen LogP contribution in [0.4, 0.5) is 0 Å². The SMILES string of the molecule is COC(=O)/C=C/c1cc(C)cc[nH]n(C)c1. The van der Waals surface area contributed by atoms with Gasteiger partial charge in [-0.25, -0.2) is 4.79 Å². The maximum atomic E-state index is 11.0. The molecule has 1 N–H and O–H groups in total. The third-order valence-electron chi connectivity index (χ3n) is 1.97. The van der Waals surface area contributed by atoms with Crippen LogP contribution < -0.4 is 0 Å². The van der Waals surface area contributed by atoms with Gasteiger partial charge >= 0.3 is 5.97 Å². The zero-order chi connectivity index (χ0) is 12.0. The van der Waals surface area contributed by atoms with Crippen molar-refractivity contribution in [3.8, 4) is 0 Å². The monoisotopic (exact) mass is 220 g/mol. The Morgan fingerprint density at radius 2 is 2.31 bits per heavy atom. The molecule has 1 aromatic rings. The molecule has 4 nitrogen and oxygen atoms in total. The summed E-state index contributed by atoms with van der Waals surface area (Å²) in [5, 5.41) is 3.03. The molecule has 0 aliphatic heterocycles. The van der Waals surface area contributed by atoms with Crippen molar-refractivity contribution < 1.29 is 9.53 Å². The van der Waals surface area contributed by atoms with Crippen LogP contribution in [0, 0.1) is 6.92 Å². The molecule has 4 heteroatoms. The lowest BCUT2D eigenvalue weighted by atomic mass is 10.2. The van der Waals surface area contributed by atoms with Crippen LogP contribution in [-0.4, -0.2) is 22.9 Å². The van der Waals surface area contributed by atoms with E-state index in [-0.39, 0.29) is 5.97 Å². The minimum absolute atomic E-state index is 0.361. The summed E-state index contributed by atoms with van der Waals surface area (Å²) in [6.45, 7) is 1.99. The number of aromatic nitrogens is 2. The van der Waals surface area contributed by atoms with Crippen molar-refractivity contribution in [2.45, 2.75) is 6.92 Å². The molecular formula is C12H16N2O2. The van der Waals surface area contributed by atoms with Crippen LogP contribution in [0.3, 0.4) is 0 Å². The number of carbonyl (C=O) groups is 1. The molecule has 0 aromatic carbocycles. The van der Waals surface area contributed by atoms with Gasteiger partial charge in [-0.1, -0.05) is 6.07 Å². The molecule has 86 valence electrons. The first-order valence-corrected chi connectivity index (χ1v) is 4.93. The van der Waals surface area contributed by atoms with E-state index in [2.05, 4.69) is 9.84 Å². The molecular weight excluding hydrogens is 204 g/mol. The third-order valence-corrected chi connectivity index (χ3v) is 1.97. The van der Waals surface area contributed by atoms with E-state index >= 15 is 0 Å². The molecule has 0 aliphatic rings. The van der Waals surface area contributed by atoms with Gasteiger partial charge in [0.25, 0.3) is 0 Å². The topological polar surface area (TPSA) is 47.0 Å². The van der Waals surface area contributed by atoms with Gasteiger partial charge in [-0.3, -0.25) is 4.68 Å². The van der Waals surface area contributed by atoms with Crippen molar-refractivity contribution in [2.75, 3.05) is 7.11 Å². The van der Waals surface area contributed by atoms with Gasteiger partial charge in [-0.2, -0.15) is 0 Å². The standard InChI is InChI=1S/C12H16N2O2/c1-10-6-7-13-14(2)9-11(8-10)4-5-12(15)16-3/h4-9,13H,1-3H3/b5-4+,7-6?,10-8?,11-9?. The molecule has 0 atom stereocenters. The van der Waals surface area contributed by atoms with Crippen molar-refractivity contribution in [1.29, 1.82) is 0 Å². The second-order valence-corrected chi connectivity index (χ2v) is 3.45. The smallest absolute Gasteiger partial charge is 0.330 e. The number of nitrogens with one attached hydrogen (secondary N) is 1. The van der Waals surface area contributed by atoms with Gasteiger partial charge in [0.05, 0.1) is 7.11 Å². The summed E-state index contributed by atoms with van der Waals surface area (Å²) in [6.07, 6.45) is 6.84. The van der Waals surface area contributed by atoms with Crippen molar-refractivity contribution in [2.24, 2.45) is 7.05 Å². The van der Waals surface area contributed by atoms with E-state index in [4.69, 9.17) is 0 Å².